The average molecular weight is 395 g/mol. The van der Waals surface area contributed by atoms with Gasteiger partial charge in [-0.3, -0.25) is 0 Å². The van der Waals surface area contributed by atoms with E-state index in [0.29, 0.717) is 15.7 Å². The molecule has 0 aliphatic carbocycles. The maximum atomic E-state index is 6.07. The van der Waals surface area contributed by atoms with E-state index in [1.807, 2.05) is 36.4 Å². The molecule has 1 heterocycles. The number of nitrogen functional groups attached to an aromatic ring is 1. The fourth-order valence-electron chi connectivity index (χ4n) is 2.04. The van der Waals surface area contributed by atoms with Crippen LogP contribution in [-0.2, 0) is 0 Å². The molecule has 0 unspecified atom stereocenters. The third-order valence-corrected chi connectivity index (χ3v) is 4.37. The molecule has 3 nitrogen and oxygen atoms in total. The Hall–Kier alpha value is -1.62. The van der Waals surface area contributed by atoms with Gasteiger partial charge in [0.15, 0.2) is 0 Å². The van der Waals surface area contributed by atoms with Crippen LogP contribution >= 0.6 is 39.1 Å². The lowest BCUT2D eigenvalue weighted by atomic mass is 10.1. The van der Waals surface area contributed by atoms with E-state index in [2.05, 4.69) is 25.9 Å². The molecule has 0 spiro atoms. The van der Waals surface area contributed by atoms with Crippen LogP contribution in [0.1, 0.15) is 0 Å². The van der Waals surface area contributed by atoms with E-state index in [9.17, 15) is 0 Å². The molecule has 22 heavy (non-hydrogen) atoms. The second-order valence-corrected chi connectivity index (χ2v) is 6.36. The fraction of sp³-hybridized carbons (Fsp3) is 0. The van der Waals surface area contributed by atoms with Crippen molar-refractivity contribution in [1.29, 1.82) is 0 Å². The summed E-state index contributed by atoms with van der Waals surface area (Å²) in [5, 5.41) is 0.974. The van der Waals surface area contributed by atoms with E-state index in [1.54, 1.807) is 12.1 Å². The standard InChI is InChI=1S/C16H10BrCl2N3/c17-11-4-1-9(2-5-11)14-8-15(22-16(20)21-14)10-3-6-12(18)13(19)7-10/h1-8H,(H2,20,21,22). The zero-order chi connectivity index (χ0) is 15.7. The highest BCUT2D eigenvalue weighted by atomic mass is 79.9. The zero-order valence-corrected chi connectivity index (χ0v) is 14.3. The predicted molar refractivity (Wildman–Crippen MR) is 95.0 cm³/mol. The lowest BCUT2D eigenvalue weighted by molar-refractivity contribution is 1.19. The van der Waals surface area contributed by atoms with Crippen LogP contribution in [-0.4, -0.2) is 9.97 Å². The number of hydrogen-bond acceptors (Lipinski definition) is 3. The maximum absolute atomic E-state index is 6.07. The number of nitrogens with two attached hydrogens (primary N) is 1. The normalized spacial score (nSPS) is 10.7. The van der Waals surface area contributed by atoms with Gasteiger partial charge in [-0.15, -0.1) is 0 Å². The van der Waals surface area contributed by atoms with Crippen LogP contribution in [0.5, 0.6) is 0 Å². The molecule has 0 saturated heterocycles. The molecule has 0 bridgehead atoms. The van der Waals surface area contributed by atoms with Crippen molar-refractivity contribution in [3.8, 4) is 22.5 Å². The zero-order valence-electron chi connectivity index (χ0n) is 11.2. The Morgan fingerprint density at radius 3 is 2.00 bits per heavy atom. The lowest BCUT2D eigenvalue weighted by Crippen LogP contribution is -1.98. The molecule has 0 amide bonds. The number of anilines is 1. The Kier molecular flexibility index (Phi) is 4.34. The van der Waals surface area contributed by atoms with Crippen molar-refractivity contribution in [1.82, 2.24) is 9.97 Å². The molecule has 6 heteroatoms. The highest BCUT2D eigenvalue weighted by Gasteiger charge is 2.08. The minimum atomic E-state index is 0.210. The van der Waals surface area contributed by atoms with Gasteiger partial charge in [-0.05, 0) is 30.3 Å². The number of aromatic nitrogens is 2. The Morgan fingerprint density at radius 2 is 1.36 bits per heavy atom. The van der Waals surface area contributed by atoms with E-state index in [-0.39, 0.29) is 5.95 Å². The predicted octanol–water partition coefficient (Wildman–Crippen LogP) is 5.46. The minimum Gasteiger partial charge on any atom is -0.368 e. The van der Waals surface area contributed by atoms with Gasteiger partial charge in [-0.25, -0.2) is 9.97 Å². The summed E-state index contributed by atoms with van der Waals surface area (Å²) in [6, 6.07) is 15.0. The van der Waals surface area contributed by atoms with Gasteiger partial charge in [-0.1, -0.05) is 57.3 Å². The Labute approximate surface area is 146 Å². The number of nitrogens with zero attached hydrogens (tertiary/aromatic N) is 2. The molecule has 2 aromatic carbocycles. The molecular weight excluding hydrogens is 385 g/mol. The Balaban J connectivity index is 2.09. The number of halogens is 3. The molecule has 3 aromatic rings. The van der Waals surface area contributed by atoms with Crippen molar-refractivity contribution in [3.63, 3.8) is 0 Å². The van der Waals surface area contributed by atoms with Crippen molar-refractivity contribution in [3.05, 3.63) is 63.0 Å². The molecular formula is C16H10BrCl2N3. The SMILES string of the molecule is Nc1nc(-c2ccc(Br)cc2)cc(-c2ccc(Cl)c(Cl)c2)n1. The minimum absolute atomic E-state index is 0.210. The van der Waals surface area contributed by atoms with Crippen molar-refractivity contribution < 1.29 is 0 Å². The third kappa shape index (κ3) is 3.24. The monoisotopic (exact) mass is 393 g/mol. The summed E-state index contributed by atoms with van der Waals surface area (Å²) in [6.07, 6.45) is 0. The largest absolute Gasteiger partial charge is 0.368 e. The van der Waals surface area contributed by atoms with Gasteiger partial charge >= 0.3 is 0 Å². The van der Waals surface area contributed by atoms with Gasteiger partial charge in [0.25, 0.3) is 0 Å². The van der Waals surface area contributed by atoms with Crippen molar-refractivity contribution in [2.75, 3.05) is 5.73 Å². The van der Waals surface area contributed by atoms with Gasteiger partial charge in [0.1, 0.15) is 0 Å². The number of rotatable bonds is 2. The van der Waals surface area contributed by atoms with Crippen molar-refractivity contribution in [2.45, 2.75) is 0 Å². The van der Waals surface area contributed by atoms with Gasteiger partial charge in [0.05, 0.1) is 21.4 Å². The van der Waals surface area contributed by atoms with Gasteiger partial charge in [-0.2, -0.15) is 0 Å². The van der Waals surface area contributed by atoms with E-state index in [1.165, 1.54) is 0 Å². The van der Waals surface area contributed by atoms with Gasteiger partial charge in [0, 0.05) is 15.6 Å². The number of hydrogen-bond donors (Lipinski definition) is 1. The summed E-state index contributed by atoms with van der Waals surface area (Å²) < 4.78 is 1.00. The third-order valence-electron chi connectivity index (χ3n) is 3.10. The van der Waals surface area contributed by atoms with Crippen molar-refractivity contribution >= 4 is 45.1 Å². The molecule has 110 valence electrons. The molecule has 0 saturated carbocycles. The molecule has 0 radical (unpaired) electrons. The fourth-order valence-corrected chi connectivity index (χ4v) is 2.60. The first kappa shape index (κ1) is 15.3. The van der Waals surface area contributed by atoms with Crippen LogP contribution in [0.15, 0.2) is 53.0 Å². The highest BCUT2D eigenvalue weighted by Crippen LogP contribution is 2.30. The summed E-state index contributed by atoms with van der Waals surface area (Å²) in [5.41, 5.74) is 9.08. The Morgan fingerprint density at radius 1 is 0.773 bits per heavy atom. The second-order valence-electron chi connectivity index (χ2n) is 4.63. The second kappa shape index (κ2) is 6.24. The summed E-state index contributed by atoms with van der Waals surface area (Å²) in [7, 11) is 0. The summed E-state index contributed by atoms with van der Waals surface area (Å²) in [5.74, 6) is 0.210. The van der Waals surface area contributed by atoms with E-state index in [0.717, 1.165) is 21.3 Å². The summed E-state index contributed by atoms with van der Waals surface area (Å²) in [4.78, 5) is 8.57. The van der Waals surface area contributed by atoms with Crippen LogP contribution in [0.25, 0.3) is 22.5 Å². The maximum Gasteiger partial charge on any atom is 0.221 e. The summed E-state index contributed by atoms with van der Waals surface area (Å²) in [6.45, 7) is 0. The summed E-state index contributed by atoms with van der Waals surface area (Å²) >= 11 is 15.4. The topological polar surface area (TPSA) is 51.8 Å². The molecule has 3 rings (SSSR count). The molecule has 2 N–H and O–H groups in total. The molecule has 0 atom stereocenters. The smallest absolute Gasteiger partial charge is 0.221 e. The van der Waals surface area contributed by atoms with Crippen LogP contribution in [0.4, 0.5) is 5.95 Å². The van der Waals surface area contributed by atoms with Crippen LogP contribution in [0, 0.1) is 0 Å². The lowest BCUT2D eigenvalue weighted by Gasteiger charge is -2.07. The molecule has 1 aromatic heterocycles. The van der Waals surface area contributed by atoms with Gasteiger partial charge < -0.3 is 5.73 Å². The van der Waals surface area contributed by atoms with E-state index >= 15 is 0 Å². The Bertz CT molecular complexity index is 835. The first-order valence-electron chi connectivity index (χ1n) is 6.39. The highest BCUT2D eigenvalue weighted by molar-refractivity contribution is 9.10. The number of benzene rings is 2. The van der Waals surface area contributed by atoms with E-state index < -0.39 is 0 Å². The first-order valence-corrected chi connectivity index (χ1v) is 7.94. The quantitative estimate of drug-likeness (QED) is 0.627. The average Bonchev–Trinajstić information content (AvgIpc) is 2.50. The van der Waals surface area contributed by atoms with Crippen LogP contribution in [0.3, 0.4) is 0 Å². The molecule has 0 aliphatic heterocycles. The molecule has 0 fully saturated rings. The van der Waals surface area contributed by atoms with Crippen LogP contribution < -0.4 is 5.73 Å². The van der Waals surface area contributed by atoms with Gasteiger partial charge in [0.2, 0.25) is 5.95 Å². The molecule has 0 aliphatic rings. The van der Waals surface area contributed by atoms with E-state index in [4.69, 9.17) is 28.9 Å². The van der Waals surface area contributed by atoms with Crippen LogP contribution in [0.2, 0.25) is 10.0 Å². The van der Waals surface area contributed by atoms with Crippen molar-refractivity contribution in [2.24, 2.45) is 0 Å². The first-order chi connectivity index (χ1) is 10.5.